The largest absolute Gasteiger partial charge is 0.355 e. The van der Waals surface area contributed by atoms with Crippen LogP contribution in [0.2, 0.25) is 0 Å². The first kappa shape index (κ1) is 20.2. The van der Waals surface area contributed by atoms with Gasteiger partial charge in [-0.15, -0.1) is 24.0 Å². The summed E-state index contributed by atoms with van der Waals surface area (Å²) in [5.74, 6) is 0.977. The van der Waals surface area contributed by atoms with Crippen LogP contribution in [-0.4, -0.2) is 98.2 Å². The van der Waals surface area contributed by atoms with E-state index in [9.17, 15) is 0 Å². The van der Waals surface area contributed by atoms with Crippen molar-refractivity contribution in [1.29, 1.82) is 0 Å². The average molecular weight is 450 g/mol. The van der Waals surface area contributed by atoms with Gasteiger partial charge in [0.05, 0.1) is 0 Å². The van der Waals surface area contributed by atoms with Crippen LogP contribution in [-0.2, 0) is 0 Å². The first-order valence-corrected chi connectivity index (χ1v) is 9.33. The number of rotatable bonds is 4. The number of hydrogen-bond donors (Lipinski definition) is 2. The van der Waals surface area contributed by atoms with E-state index >= 15 is 0 Å². The number of halogens is 1. The molecule has 4 heterocycles. The molecule has 4 saturated heterocycles. The van der Waals surface area contributed by atoms with Crippen molar-refractivity contribution in [1.82, 2.24) is 25.3 Å². The number of guanidine groups is 1. The van der Waals surface area contributed by atoms with Crippen molar-refractivity contribution >= 4 is 29.9 Å². The minimum absolute atomic E-state index is 0. The molecule has 6 nitrogen and oxygen atoms in total. The molecule has 24 heavy (non-hydrogen) atoms. The van der Waals surface area contributed by atoms with Crippen molar-refractivity contribution in [2.24, 2.45) is 4.99 Å². The average Bonchev–Trinajstić information content (AvgIpc) is 2.60. The Morgan fingerprint density at radius 1 is 1.08 bits per heavy atom. The second-order valence-electron chi connectivity index (χ2n) is 7.49. The Labute approximate surface area is 164 Å². The molecular weight excluding hydrogens is 415 g/mol. The lowest BCUT2D eigenvalue weighted by Crippen LogP contribution is -2.64. The molecule has 0 aliphatic carbocycles. The van der Waals surface area contributed by atoms with Gasteiger partial charge in [-0.3, -0.25) is 14.8 Å². The lowest BCUT2D eigenvalue weighted by Gasteiger charge is -2.47. The first-order chi connectivity index (χ1) is 11.2. The molecule has 0 aromatic heterocycles. The monoisotopic (exact) mass is 450 g/mol. The van der Waals surface area contributed by atoms with Gasteiger partial charge in [0.25, 0.3) is 0 Å². The van der Waals surface area contributed by atoms with Crippen molar-refractivity contribution in [2.75, 3.05) is 59.4 Å². The second-order valence-corrected chi connectivity index (χ2v) is 7.49. The highest BCUT2D eigenvalue weighted by Gasteiger charge is 2.31. The SMILES string of the molecule is CN=C(NCC1CN2CCN1CC2)NC1CCN(C(C)C)CC1.I. The van der Waals surface area contributed by atoms with Gasteiger partial charge in [0.15, 0.2) is 5.96 Å². The summed E-state index contributed by atoms with van der Waals surface area (Å²) in [6, 6.07) is 1.86. The van der Waals surface area contributed by atoms with Crippen LogP contribution in [0.15, 0.2) is 4.99 Å². The van der Waals surface area contributed by atoms with Crippen LogP contribution in [0, 0.1) is 0 Å². The van der Waals surface area contributed by atoms with Crippen molar-refractivity contribution in [3.05, 3.63) is 0 Å². The first-order valence-electron chi connectivity index (χ1n) is 9.33. The van der Waals surface area contributed by atoms with Crippen LogP contribution in [0.5, 0.6) is 0 Å². The predicted octanol–water partition coefficient (Wildman–Crippen LogP) is 0.642. The highest BCUT2D eigenvalue weighted by molar-refractivity contribution is 14.0. The summed E-state index contributed by atoms with van der Waals surface area (Å²) in [6.07, 6.45) is 2.42. The summed E-state index contributed by atoms with van der Waals surface area (Å²) in [6.45, 7) is 14.1. The lowest BCUT2D eigenvalue weighted by molar-refractivity contribution is 0.0154. The fourth-order valence-corrected chi connectivity index (χ4v) is 4.08. The van der Waals surface area contributed by atoms with E-state index in [2.05, 4.69) is 44.2 Å². The molecule has 0 spiro atoms. The molecule has 1 atom stereocenters. The van der Waals surface area contributed by atoms with Crippen LogP contribution in [0.4, 0.5) is 0 Å². The van der Waals surface area contributed by atoms with Gasteiger partial charge in [-0.2, -0.15) is 0 Å². The van der Waals surface area contributed by atoms with Crippen molar-refractivity contribution in [3.8, 4) is 0 Å². The zero-order valence-electron chi connectivity index (χ0n) is 15.5. The number of likely N-dealkylation sites (tertiary alicyclic amines) is 1. The smallest absolute Gasteiger partial charge is 0.191 e. The molecule has 0 aromatic carbocycles. The molecule has 0 amide bonds. The highest BCUT2D eigenvalue weighted by Crippen LogP contribution is 2.15. The minimum atomic E-state index is 0. The number of hydrogen-bond acceptors (Lipinski definition) is 4. The van der Waals surface area contributed by atoms with Crippen LogP contribution in [0.3, 0.4) is 0 Å². The summed E-state index contributed by atoms with van der Waals surface area (Å²) in [5.41, 5.74) is 0. The van der Waals surface area contributed by atoms with Gasteiger partial charge in [-0.05, 0) is 26.7 Å². The number of nitrogens with zero attached hydrogens (tertiary/aromatic N) is 4. The van der Waals surface area contributed by atoms with E-state index in [1.807, 2.05) is 7.05 Å². The molecule has 2 bridgehead atoms. The number of fused-ring (bicyclic) bond motifs is 3. The molecule has 4 aliphatic rings. The maximum atomic E-state index is 4.43. The molecule has 0 aromatic rings. The van der Waals surface area contributed by atoms with E-state index in [1.54, 1.807) is 0 Å². The normalized spacial score (nSPS) is 31.8. The Morgan fingerprint density at radius 2 is 1.75 bits per heavy atom. The molecule has 0 radical (unpaired) electrons. The third-order valence-electron chi connectivity index (χ3n) is 5.72. The van der Waals surface area contributed by atoms with Gasteiger partial charge in [0, 0.05) is 77.5 Å². The molecule has 140 valence electrons. The standard InChI is InChI=1S/C17H34N6.HI/c1-14(2)22-6-4-15(5-7-22)20-17(18-3)19-12-16-13-21-8-10-23(16)11-9-21;/h14-16H,4-13H2,1-3H3,(H2,18,19,20);1H. The van der Waals surface area contributed by atoms with E-state index in [1.165, 1.54) is 58.7 Å². The van der Waals surface area contributed by atoms with Crippen LogP contribution in [0.1, 0.15) is 26.7 Å². The van der Waals surface area contributed by atoms with Gasteiger partial charge in [-0.25, -0.2) is 0 Å². The van der Waals surface area contributed by atoms with Gasteiger partial charge < -0.3 is 15.5 Å². The van der Waals surface area contributed by atoms with Crippen LogP contribution >= 0.6 is 24.0 Å². The van der Waals surface area contributed by atoms with E-state index in [0.29, 0.717) is 18.1 Å². The Hall–Kier alpha value is -0.120. The van der Waals surface area contributed by atoms with E-state index in [4.69, 9.17) is 0 Å². The summed E-state index contributed by atoms with van der Waals surface area (Å²) >= 11 is 0. The zero-order valence-corrected chi connectivity index (χ0v) is 17.8. The molecule has 7 heteroatoms. The zero-order chi connectivity index (χ0) is 16.2. The molecule has 0 saturated carbocycles. The lowest BCUT2D eigenvalue weighted by atomic mass is 10.0. The Morgan fingerprint density at radius 3 is 2.25 bits per heavy atom. The fraction of sp³-hybridized carbons (Fsp3) is 0.941. The summed E-state index contributed by atoms with van der Waals surface area (Å²) < 4.78 is 0. The van der Waals surface area contributed by atoms with Crippen molar-refractivity contribution in [3.63, 3.8) is 0 Å². The molecular formula is C17H35IN6. The number of nitrogens with one attached hydrogen (secondary N) is 2. The van der Waals surface area contributed by atoms with Gasteiger partial charge in [-0.1, -0.05) is 0 Å². The Kier molecular flexibility index (Phi) is 8.03. The number of aliphatic imine (C=N–C) groups is 1. The second kappa shape index (κ2) is 9.54. The van der Waals surface area contributed by atoms with Gasteiger partial charge >= 0.3 is 0 Å². The van der Waals surface area contributed by atoms with E-state index in [0.717, 1.165) is 12.5 Å². The maximum Gasteiger partial charge on any atom is 0.191 e. The van der Waals surface area contributed by atoms with Crippen molar-refractivity contribution < 1.29 is 0 Å². The molecule has 4 aliphatic heterocycles. The highest BCUT2D eigenvalue weighted by atomic mass is 127. The summed E-state index contributed by atoms with van der Waals surface area (Å²) in [4.78, 5) is 12.2. The third kappa shape index (κ3) is 5.19. The third-order valence-corrected chi connectivity index (χ3v) is 5.72. The predicted molar refractivity (Wildman–Crippen MR) is 111 cm³/mol. The Bertz CT molecular complexity index is 400. The Balaban J connectivity index is 0.00000208. The summed E-state index contributed by atoms with van der Waals surface area (Å²) in [5, 5.41) is 7.19. The summed E-state index contributed by atoms with van der Waals surface area (Å²) in [7, 11) is 1.88. The van der Waals surface area contributed by atoms with Crippen LogP contribution in [0.25, 0.3) is 0 Å². The molecule has 2 N–H and O–H groups in total. The molecule has 4 rings (SSSR count). The van der Waals surface area contributed by atoms with Crippen LogP contribution < -0.4 is 10.6 Å². The fourth-order valence-electron chi connectivity index (χ4n) is 4.08. The molecule has 1 unspecified atom stereocenters. The quantitative estimate of drug-likeness (QED) is 0.374. The van der Waals surface area contributed by atoms with E-state index < -0.39 is 0 Å². The molecule has 4 fully saturated rings. The van der Waals surface area contributed by atoms with Crippen molar-refractivity contribution in [2.45, 2.75) is 44.8 Å². The maximum absolute atomic E-state index is 4.43. The van der Waals surface area contributed by atoms with Gasteiger partial charge in [0.2, 0.25) is 0 Å². The van der Waals surface area contributed by atoms with Gasteiger partial charge in [0.1, 0.15) is 0 Å². The number of piperazine rings is 3. The number of piperidine rings is 1. The van der Waals surface area contributed by atoms with E-state index in [-0.39, 0.29) is 24.0 Å². The minimum Gasteiger partial charge on any atom is -0.355 e. The topological polar surface area (TPSA) is 46.1 Å².